The van der Waals surface area contributed by atoms with E-state index >= 15 is 0 Å². The fraction of sp³-hybridized carbons (Fsp3) is 0.600. The van der Waals surface area contributed by atoms with Crippen molar-refractivity contribution in [3.8, 4) is 0 Å². The van der Waals surface area contributed by atoms with Gasteiger partial charge in [-0.15, -0.1) is 0 Å². The van der Waals surface area contributed by atoms with Crippen LogP contribution in [0, 0.1) is 0 Å². The molecule has 0 radical (unpaired) electrons. The maximum Gasteiger partial charge on any atom is 0.0895 e. The van der Waals surface area contributed by atoms with Crippen LogP contribution in [-0.2, 0) is 6.42 Å². The van der Waals surface area contributed by atoms with Crippen LogP contribution in [-0.4, -0.2) is 35.5 Å². The Morgan fingerprint density at radius 2 is 2.36 bits per heavy atom. The molecule has 3 nitrogen and oxygen atoms in total. The molecule has 4 heteroatoms. The van der Waals surface area contributed by atoms with Crippen molar-refractivity contribution in [3.63, 3.8) is 0 Å². The van der Waals surface area contributed by atoms with Gasteiger partial charge >= 0.3 is 0 Å². The Balaban J connectivity index is 2.19. The maximum absolute atomic E-state index is 9.12. The van der Waals surface area contributed by atoms with Crippen molar-refractivity contribution in [1.82, 2.24) is 5.32 Å². The van der Waals surface area contributed by atoms with Crippen LogP contribution in [0.15, 0.2) is 16.8 Å². The van der Waals surface area contributed by atoms with E-state index in [2.05, 4.69) is 29.1 Å². The quantitative estimate of drug-likeness (QED) is 0.652. The first-order chi connectivity index (χ1) is 6.72. The standard InChI is InChI=1S/C10H17NO2S/c1-8(11-5-10(13)6-12)4-9-2-3-14-7-9/h2-3,7-8,10-13H,4-6H2,1H3/t8?,10-/m0/s1. The highest BCUT2D eigenvalue weighted by molar-refractivity contribution is 7.07. The summed E-state index contributed by atoms with van der Waals surface area (Å²) in [6, 6.07) is 2.43. The largest absolute Gasteiger partial charge is 0.394 e. The van der Waals surface area contributed by atoms with E-state index in [1.54, 1.807) is 11.3 Å². The lowest BCUT2D eigenvalue weighted by molar-refractivity contribution is 0.0924. The average Bonchev–Trinajstić information content (AvgIpc) is 2.66. The Morgan fingerprint density at radius 3 is 2.93 bits per heavy atom. The highest BCUT2D eigenvalue weighted by Crippen LogP contribution is 2.08. The molecule has 0 fully saturated rings. The molecule has 2 atom stereocenters. The second-order valence-corrected chi connectivity index (χ2v) is 4.26. The van der Waals surface area contributed by atoms with E-state index in [1.165, 1.54) is 5.56 Å². The van der Waals surface area contributed by atoms with Crippen LogP contribution in [0.3, 0.4) is 0 Å². The van der Waals surface area contributed by atoms with Gasteiger partial charge in [0.05, 0.1) is 12.7 Å². The minimum absolute atomic E-state index is 0.182. The molecule has 0 amide bonds. The lowest BCUT2D eigenvalue weighted by Gasteiger charge is -2.15. The van der Waals surface area contributed by atoms with Crippen molar-refractivity contribution in [2.24, 2.45) is 0 Å². The second kappa shape index (κ2) is 6.14. The van der Waals surface area contributed by atoms with Gasteiger partial charge in [-0.05, 0) is 35.7 Å². The molecule has 0 saturated heterocycles. The van der Waals surface area contributed by atoms with Crippen molar-refractivity contribution in [3.05, 3.63) is 22.4 Å². The summed E-state index contributed by atoms with van der Waals surface area (Å²) in [6.45, 7) is 2.34. The van der Waals surface area contributed by atoms with Crippen LogP contribution < -0.4 is 5.32 Å². The molecule has 1 rings (SSSR count). The van der Waals surface area contributed by atoms with Gasteiger partial charge < -0.3 is 15.5 Å². The molecular formula is C10H17NO2S. The number of hydrogen-bond acceptors (Lipinski definition) is 4. The lowest BCUT2D eigenvalue weighted by Crippen LogP contribution is -2.36. The number of hydrogen-bond donors (Lipinski definition) is 3. The van der Waals surface area contributed by atoms with E-state index in [0.29, 0.717) is 12.6 Å². The van der Waals surface area contributed by atoms with Crippen molar-refractivity contribution in [1.29, 1.82) is 0 Å². The molecule has 0 spiro atoms. The minimum atomic E-state index is -0.653. The summed E-state index contributed by atoms with van der Waals surface area (Å²) >= 11 is 1.69. The Bertz CT molecular complexity index is 238. The van der Waals surface area contributed by atoms with Crippen LogP contribution in [0.5, 0.6) is 0 Å². The van der Waals surface area contributed by atoms with Gasteiger partial charge in [0, 0.05) is 12.6 Å². The van der Waals surface area contributed by atoms with E-state index in [-0.39, 0.29) is 6.61 Å². The zero-order chi connectivity index (χ0) is 10.4. The zero-order valence-corrected chi connectivity index (χ0v) is 9.13. The summed E-state index contributed by atoms with van der Waals surface area (Å²) in [7, 11) is 0. The molecule has 1 unspecified atom stereocenters. The van der Waals surface area contributed by atoms with E-state index in [9.17, 15) is 0 Å². The normalized spacial score (nSPS) is 15.4. The van der Waals surface area contributed by atoms with Gasteiger partial charge in [-0.3, -0.25) is 0 Å². The molecule has 1 aromatic rings. The lowest BCUT2D eigenvalue weighted by atomic mass is 10.1. The Hall–Kier alpha value is -0.420. The van der Waals surface area contributed by atoms with Crippen molar-refractivity contribution < 1.29 is 10.2 Å². The Morgan fingerprint density at radius 1 is 1.57 bits per heavy atom. The highest BCUT2D eigenvalue weighted by atomic mass is 32.1. The number of nitrogens with one attached hydrogen (secondary N) is 1. The maximum atomic E-state index is 9.12. The van der Waals surface area contributed by atoms with E-state index in [1.807, 2.05) is 0 Å². The first-order valence-electron chi connectivity index (χ1n) is 4.75. The van der Waals surface area contributed by atoms with Crippen molar-refractivity contribution in [2.45, 2.75) is 25.5 Å². The summed E-state index contributed by atoms with van der Waals surface area (Å²) in [5, 5.41) is 25.1. The van der Waals surface area contributed by atoms with Gasteiger partial charge in [-0.25, -0.2) is 0 Å². The molecule has 0 aliphatic rings. The van der Waals surface area contributed by atoms with E-state index in [0.717, 1.165) is 6.42 Å². The summed E-state index contributed by atoms with van der Waals surface area (Å²) in [5.41, 5.74) is 1.31. The van der Waals surface area contributed by atoms with Gasteiger partial charge in [-0.1, -0.05) is 0 Å². The predicted molar refractivity (Wildman–Crippen MR) is 58.6 cm³/mol. The first-order valence-corrected chi connectivity index (χ1v) is 5.70. The molecule has 80 valence electrons. The number of aliphatic hydroxyl groups excluding tert-OH is 2. The highest BCUT2D eigenvalue weighted by Gasteiger charge is 2.06. The van der Waals surface area contributed by atoms with E-state index in [4.69, 9.17) is 10.2 Å². The molecule has 0 bridgehead atoms. The molecule has 1 aromatic heterocycles. The summed E-state index contributed by atoms with van der Waals surface area (Å²) in [5.74, 6) is 0. The van der Waals surface area contributed by atoms with Gasteiger partial charge in [0.2, 0.25) is 0 Å². The third-order valence-electron chi connectivity index (χ3n) is 2.03. The number of aliphatic hydroxyl groups is 2. The Kier molecular flexibility index (Phi) is 5.11. The van der Waals surface area contributed by atoms with Gasteiger partial charge in [0.15, 0.2) is 0 Å². The van der Waals surface area contributed by atoms with Crippen molar-refractivity contribution in [2.75, 3.05) is 13.2 Å². The monoisotopic (exact) mass is 215 g/mol. The topological polar surface area (TPSA) is 52.5 Å². The average molecular weight is 215 g/mol. The first kappa shape index (κ1) is 11.7. The second-order valence-electron chi connectivity index (χ2n) is 3.48. The predicted octanol–water partition coefficient (Wildman–Crippen LogP) is 0.622. The van der Waals surface area contributed by atoms with Crippen LogP contribution >= 0.6 is 11.3 Å². The number of rotatable bonds is 6. The van der Waals surface area contributed by atoms with E-state index < -0.39 is 6.10 Å². The smallest absolute Gasteiger partial charge is 0.0895 e. The molecule has 3 N–H and O–H groups in total. The van der Waals surface area contributed by atoms with Crippen LogP contribution in [0.1, 0.15) is 12.5 Å². The third kappa shape index (κ3) is 4.19. The minimum Gasteiger partial charge on any atom is -0.394 e. The molecule has 0 aliphatic heterocycles. The molecule has 1 heterocycles. The molecule has 0 aromatic carbocycles. The zero-order valence-electron chi connectivity index (χ0n) is 8.31. The van der Waals surface area contributed by atoms with Crippen LogP contribution in [0.25, 0.3) is 0 Å². The third-order valence-corrected chi connectivity index (χ3v) is 2.77. The van der Waals surface area contributed by atoms with Gasteiger partial charge in [0.25, 0.3) is 0 Å². The van der Waals surface area contributed by atoms with Crippen molar-refractivity contribution >= 4 is 11.3 Å². The molecule has 14 heavy (non-hydrogen) atoms. The number of thiophene rings is 1. The van der Waals surface area contributed by atoms with Crippen LogP contribution in [0.4, 0.5) is 0 Å². The SMILES string of the molecule is CC(Cc1ccsc1)NC[C@H](O)CO. The van der Waals surface area contributed by atoms with Gasteiger partial charge in [-0.2, -0.15) is 11.3 Å². The summed E-state index contributed by atoms with van der Waals surface area (Å²) in [6.07, 6.45) is 0.307. The van der Waals surface area contributed by atoms with Gasteiger partial charge in [0.1, 0.15) is 0 Å². The summed E-state index contributed by atoms with van der Waals surface area (Å²) in [4.78, 5) is 0. The molecule has 0 aliphatic carbocycles. The molecule has 0 saturated carbocycles. The van der Waals surface area contributed by atoms with Crippen LogP contribution in [0.2, 0.25) is 0 Å². The molecular weight excluding hydrogens is 198 g/mol. The fourth-order valence-electron chi connectivity index (χ4n) is 1.24. The summed E-state index contributed by atoms with van der Waals surface area (Å²) < 4.78 is 0. The fourth-order valence-corrected chi connectivity index (χ4v) is 1.92. The Labute approximate surface area is 88.4 Å².